The summed E-state index contributed by atoms with van der Waals surface area (Å²) in [5.41, 5.74) is 0. The number of pyridine rings is 1. The topological polar surface area (TPSA) is 42.0 Å². The van der Waals surface area contributed by atoms with Crippen LogP contribution in [0.3, 0.4) is 0 Å². The van der Waals surface area contributed by atoms with Crippen molar-refractivity contribution < 1.29 is 4.79 Å². The first-order valence-electron chi connectivity index (χ1n) is 6.14. The standard InChI is InChI=1S/C13H19BrN2O/c1-2-3-4-5-6-9-12(17)16-13-11(14)8-7-10-15-13/h7-8,10H,2-6,9H2,1H3,(H,15,16,17). The number of carbonyl (C=O) groups is 1. The van der Waals surface area contributed by atoms with Crippen LogP contribution >= 0.6 is 15.9 Å². The third-order valence-corrected chi connectivity index (χ3v) is 3.16. The Hall–Kier alpha value is -0.900. The Morgan fingerprint density at radius 2 is 2.12 bits per heavy atom. The number of halogens is 1. The van der Waals surface area contributed by atoms with Crippen molar-refractivity contribution in [3.05, 3.63) is 22.8 Å². The highest BCUT2D eigenvalue weighted by atomic mass is 79.9. The third kappa shape index (κ3) is 5.82. The van der Waals surface area contributed by atoms with E-state index in [0.717, 1.165) is 17.3 Å². The van der Waals surface area contributed by atoms with E-state index in [4.69, 9.17) is 0 Å². The second kappa shape index (κ2) is 8.23. The summed E-state index contributed by atoms with van der Waals surface area (Å²) in [6.45, 7) is 2.19. The fourth-order valence-corrected chi connectivity index (χ4v) is 1.92. The van der Waals surface area contributed by atoms with E-state index in [-0.39, 0.29) is 5.91 Å². The number of aromatic nitrogens is 1. The summed E-state index contributed by atoms with van der Waals surface area (Å²) in [5.74, 6) is 0.645. The minimum atomic E-state index is 0.0425. The van der Waals surface area contributed by atoms with Gasteiger partial charge in [0.1, 0.15) is 5.82 Å². The molecule has 0 spiro atoms. The highest BCUT2D eigenvalue weighted by molar-refractivity contribution is 9.10. The molecule has 1 heterocycles. The molecule has 1 amide bonds. The molecule has 0 aliphatic heterocycles. The summed E-state index contributed by atoms with van der Waals surface area (Å²) in [4.78, 5) is 15.7. The fraction of sp³-hybridized carbons (Fsp3) is 0.538. The number of amides is 1. The summed E-state index contributed by atoms with van der Waals surface area (Å²) in [6.07, 6.45) is 8.03. The maximum atomic E-state index is 11.6. The number of nitrogens with one attached hydrogen (secondary N) is 1. The zero-order chi connectivity index (χ0) is 12.5. The number of anilines is 1. The zero-order valence-electron chi connectivity index (χ0n) is 10.2. The molecule has 0 saturated heterocycles. The minimum Gasteiger partial charge on any atom is -0.310 e. The van der Waals surface area contributed by atoms with Gasteiger partial charge in [-0.2, -0.15) is 0 Å². The lowest BCUT2D eigenvalue weighted by Gasteiger charge is -2.05. The predicted molar refractivity (Wildman–Crippen MR) is 73.9 cm³/mol. The molecule has 0 aliphatic rings. The van der Waals surface area contributed by atoms with Gasteiger partial charge in [-0.15, -0.1) is 0 Å². The van der Waals surface area contributed by atoms with Crippen molar-refractivity contribution >= 4 is 27.7 Å². The molecule has 3 nitrogen and oxygen atoms in total. The van der Waals surface area contributed by atoms with Crippen LogP contribution in [0.25, 0.3) is 0 Å². The summed E-state index contributed by atoms with van der Waals surface area (Å²) in [7, 11) is 0. The molecule has 0 atom stereocenters. The van der Waals surface area contributed by atoms with Crippen molar-refractivity contribution in [1.82, 2.24) is 4.98 Å². The van der Waals surface area contributed by atoms with Gasteiger partial charge in [-0.25, -0.2) is 4.98 Å². The molecule has 4 heteroatoms. The second-order valence-corrected chi connectivity index (χ2v) is 4.90. The summed E-state index contributed by atoms with van der Waals surface area (Å²) in [6, 6.07) is 3.69. The zero-order valence-corrected chi connectivity index (χ0v) is 11.8. The number of carbonyl (C=O) groups excluding carboxylic acids is 1. The summed E-state index contributed by atoms with van der Waals surface area (Å²) >= 11 is 3.35. The quantitative estimate of drug-likeness (QED) is 0.769. The van der Waals surface area contributed by atoms with Crippen LogP contribution in [-0.2, 0) is 4.79 Å². The van der Waals surface area contributed by atoms with Crippen LogP contribution in [-0.4, -0.2) is 10.9 Å². The van der Waals surface area contributed by atoms with E-state index in [1.165, 1.54) is 19.3 Å². The lowest BCUT2D eigenvalue weighted by molar-refractivity contribution is -0.116. The van der Waals surface area contributed by atoms with Gasteiger partial charge in [0, 0.05) is 12.6 Å². The Morgan fingerprint density at radius 1 is 1.35 bits per heavy atom. The first-order chi connectivity index (χ1) is 8.24. The molecule has 1 aromatic heterocycles. The van der Waals surface area contributed by atoms with E-state index in [1.54, 1.807) is 6.20 Å². The SMILES string of the molecule is CCCCCCCC(=O)Nc1ncccc1Br. The largest absolute Gasteiger partial charge is 0.310 e. The van der Waals surface area contributed by atoms with Crippen LogP contribution in [0.4, 0.5) is 5.82 Å². The Labute approximate surface area is 111 Å². The van der Waals surface area contributed by atoms with Gasteiger partial charge in [-0.05, 0) is 34.5 Å². The minimum absolute atomic E-state index is 0.0425. The molecule has 1 aromatic rings. The molecule has 1 rings (SSSR count). The smallest absolute Gasteiger partial charge is 0.225 e. The van der Waals surface area contributed by atoms with Crippen LogP contribution in [0.15, 0.2) is 22.8 Å². The van der Waals surface area contributed by atoms with Gasteiger partial charge in [-0.1, -0.05) is 32.6 Å². The van der Waals surface area contributed by atoms with E-state index in [9.17, 15) is 4.79 Å². The molecule has 0 saturated carbocycles. The fourth-order valence-electron chi connectivity index (χ4n) is 1.56. The molecule has 0 bridgehead atoms. The van der Waals surface area contributed by atoms with Crippen LogP contribution < -0.4 is 5.32 Å². The number of hydrogen-bond donors (Lipinski definition) is 1. The molecular weight excluding hydrogens is 280 g/mol. The van der Waals surface area contributed by atoms with E-state index < -0.39 is 0 Å². The van der Waals surface area contributed by atoms with Crippen LogP contribution in [0.2, 0.25) is 0 Å². The third-order valence-electron chi connectivity index (χ3n) is 2.52. The predicted octanol–water partition coefficient (Wildman–Crippen LogP) is 4.14. The van der Waals surface area contributed by atoms with Crippen molar-refractivity contribution in [3.8, 4) is 0 Å². The van der Waals surface area contributed by atoms with Crippen molar-refractivity contribution in [2.24, 2.45) is 0 Å². The first kappa shape index (κ1) is 14.2. The van der Waals surface area contributed by atoms with Gasteiger partial charge < -0.3 is 5.32 Å². The van der Waals surface area contributed by atoms with Gasteiger partial charge in [0.25, 0.3) is 0 Å². The van der Waals surface area contributed by atoms with Crippen molar-refractivity contribution in [1.29, 1.82) is 0 Å². The number of hydrogen-bond acceptors (Lipinski definition) is 2. The van der Waals surface area contributed by atoms with Gasteiger partial charge in [0.05, 0.1) is 4.47 Å². The highest BCUT2D eigenvalue weighted by Gasteiger charge is 2.05. The van der Waals surface area contributed by atoms with Gasteiger partial charge in [-0.3, -0.25) is 4.79 Å². The van der Waals surface area contributed by atoms with Crippen molar-refractivity contribution in [2.45, 2.75) is 45.4 Å². The van der Waals surface area contributed by atoms with Crippen LogP contribution in [0, 0.1) is 0 Å². The van der Waals surface area contributed by atoms with Gasteiger partial charge >= 0.3 is 0 Å². The normalized spacial score (nSPS) is 10.2. The van der Waals surface area contributed by atoms with Crippen LogP contribution in [0.5, 0.6) is 0 Å². The second-order valence-electron chi connectivity index (χ2n) is 4.05. The molecule has 94 valence electrons. The average Bonchev–Trinajstić information content (AvgIpc) is 2.32. The Morgan fingerprint density at radius 3 is 2.82 bits per heavy atom. The molecule has 17 heavy (non-hydrogen) atoms. The Balaban J connectivity index is 2.23. The van der Waals surface area contributed by atoms with Crippen LogP contribution in [0.1, 0.15) is 45.4 Å². The number of unbranched alkanes of at least 4 members (excludes halogenated alkanes) is 4. The first-order valence-corrected chi connectivity index (χ1v) is 6.93. The monoisotopic (exact) mass is 298 g/mol. The molecule has 0 radical (unpaired) electrons. The maximum absolute atomic E-state index is 11.6. The summed E-state index contributed by atoms with van der Waals surface area (Å²) < 4.78 is 0.819. The molecular formula is C13H19BrN2O. The van der Waals surface area contributed by atoms with Gasteiger partial charge in [0.15, 0.2) is 0 Å². The number of nitrogens with zero attached hydrogens (tertiary/aromatic N) is 1. The summed E-state index contributed by atoms with van der Waals surface area (Å²) in [5, 5.41) is 2.80. The molecule has 0 fully saturated rings. The molecule has 0 aliphatic carbocycles. The highest BCUT2D eigenvalue weighted by Crippen LogP contribution is 2.18. The molecule has 0 aromatic carbocycles. The lowest BCUT2D eigenvalue weighted by atomic mass is 10.1. The number of rotatable bonds is 7. The average molecular weight is 299 g/mol. The van der Waals surface area contributed by atoms with E-state index in [0.29, 0.717) is 12.2 Å². The lowest BCUT2D eigenvalue weighted by Crippen LogP contribution is -2.12. The maximum Gasteiger partial charge on any atom is 0.225 e. The van der Waals surface area contributed by atoms with Gasteiger partial charge in [0.2, 0.25) is 5.91 Å². The molecule has 0 unspecified atom stereocenters. The van der Waals surface area contributed by atoms with E-state index in [2.05, 4.69) is 33.2 Å². The molecule has 1 N–H and O–H groups in total. The van der Waals surface area contributed by atoms with Crippen molar-refractivity contribution in [2.75, 3.05) is 5.32 Å². The van der Waals surface area contributed by atoms with E-state index >= 15 is 0 Å². The Bertz CT molecular complexity index is 355. The Kier molecular flexibility index (Phi) is 6.86. The van der Waals surface area contributed by atoms with E-state index in [1.807, 2.05) is 12.1 Å². The van der Waals surface area contributed by atoms with Crippen molar-refractivity contribution in [3.63, 3.8) is 0 Å².